The van der Waals surface area contributed by atoms with E-state index in [9.17, 15) is 0 Å². The van der Waals surface area contributed by atoms with E-state index in [-0.39, 0.29) is 6.04 Å². The third-order valence-corrected chi connectivity index (χ3v) is 2.54. The van der Waals surface area contributed by atoms with Crippen molar-refractivity contribution >= 4 is 0 Å². The summed E-state index contributed by atoms with van der Waals surface area (Å²) in [6.45, 7) is 7.12. The number of aryl methyl sites for hydroxylation is 1. The van der Waals surface area contributed by atoms with Gasteiger partial charge in [0, 0.05) is 6.54 Å². The van der Waals surface area contributed by atoms with E-state index in [1.54, 1.807) is 0 Å². The number of nitriles is 1. The van der Waals surface area contributed by atoms with E-state index in [1.807, 2.05) is 0 Å². The summed E-state index contributed by atoms with van der Waals surface area (Å²) in [6.07, 6.45) is 0.905. The molecule has 2 heteroatoms. The van der Waals surface area contributed by atoms with E-state index in [2.05, 4.69) is 56.4 Å². The minimum Gasteiger partial charge on any atom is -0.298 e. The highest BCUT2D eigenvalue weighted by Gasteiger charge is 2.08. The highest BCUT2D eigenvalue weighted by atomic mass is 14.9. The van der Waals surface area contributed by atoms with Crippen molar-refractivity contribution in [1.82, 2.24) is 5.32 Å². The van der Waals surface area contributed by atoms with Crippen molar-refractivity contribution in [3.63, 3.8) is 0 Å². The second-order valence-electron chi connectivity index (χ2n) is 4.68. The predicted molar refractivity (Wildman–Crippen MR) is 66.9 cm³/mol. The third kappa shape index (κ3) is 4.46. The SMILES string of the molecule is Cc1ccc(CNC(C#N)CC(C)C)cc1. The number of nitrogens with zero attached hydrogens (tertiary/aromatic N) is 1. The highest BCUT2D eigenvalue weighted by molar-refractivity contribution is 5.21. The molecule has 0 amide bonds. The second-order valence-corrected chi connectivity index (χ2v) is 4.68. The van der Waals surface area contributed by atoms with Crippen LogP contribution in [-0.2, 0) is 6.54 Å². The van der Waals surface area contributed by atoms with Crippen LogP contribution in [0.2, 0.25) is 0 Å². The smallest absolute Gasteiger partial charge is 0.0958 e. The molecule has 86 valence electrons. The van der Waals surface area contributed by atoms with E-state index >= 15 is 0 Å². The normalized spacial score (nSPS) is 12.4. The molecule has 1 N–H and O–H groups in total. The fraction of sp³-hybridized carbons (Fsp3) is 0.500. The summed E-state index contributed by atoms with van der Waals surface area (Å²) in [7, 11) is 0. The van der Waals surface area contributed by atoms with Crippen LogP contribution in [0, 0.1) is 24.2 Å². The molecule has 0 saturated carbocycles. The Hall–Kier alpha value is -1.33. The van der Waals surface area contributed by atoms with Crippen molar-refractivity contribution in [2.45, 2.75) is 39.8 Å². The Balaban J connectivity index is 2.44. The van der Waals surface area contributed by atoms with Gasteiger partial charge in [-0.05, 0) is 24.8 Å². The molecule has 1 aromatic carbocycles. The molecule has 0 aliphatic rings. The summed E-state index contributed by atoms with van der Waals surface area (Å²) < 4.78 is 0. The van der Waals surface area contributed by atoms with Crippen molar-refractivity contribution in [3.8, 4) is 6.07 Å². The molecule has 0 saturated heterocycles. The van der Waals surface area contributed by atoms with Crippen LogP contribution < -0.4 is 5.32 Å². The Morgan fingerprint density at radius 3 is 2.38 bits per heavy atom. The largest absolute Gasteiger partial charge is 0.298 e. The van der Waals surface area contributed by atoms with Gasteiger partial charge in [0.25, 0.3) is 0 Å². The van der Waals surface area contributed by atoms with Crippen molar-refractivity contribution < 1.29 is 0 Å². The fourth-order valence-electron chi connectivity index (χ4n) is 1.60. The summed E-state index contributed by atoms with van der Waals surface area (Å²) in [5, 5.41) is 12.3. The molecule has 0 aliphatic carbocycles. The van der Waals surface area contributed by atoms with E-state index < -0.39 is 0 Å². The van der Waals surface area contributed by atoms with Gasteiger partial charge in [-0.3, -0.25) is 5.32 Å². The molecule has 0 radical (unpaired) electrons. The molecule has 0 aliphatic heterocycles. The monoisotopic (exact) mass is 216 g/mol. The Kier molecular flexibility index (Phi) is 5.01. The predicted octanol–water partition coefficient (Wildman–Crippen LogP) is 3.02. The molecule has 16 heavy (non-hydrogen) atoms. The van der Waals surface area contributed by atoms with E-state index in [0.717, 1.165) is 13.0 Å². The maximum Gasteiger partial charge on any atom is 0.0958 e. The molecule has 0 spiro atoms. The zero-order valence-corrected chi connectivity index (χ0v) is 10.3. The lowest BCUT2D eigenvalue weighted by atomic mass is 10.0. The van der Waals surface area contributed by atoms with Crippen LogP contribution in [-0.4, -0.2) is 6.04 Å². The van der Waals surface area contributed by atoms with Crippen LogP contribution in [0.1, 0.15) is 31.4 Å². The van der Waals surface area contributed by atoms with Crippen LogP contribution in [0.5, 0.6) is 0 Å². The van der Waals surface area contributed by atoms with Gasteiger partial charge in [-0.25, -0.2) is 0 Å². The van der Waals surface area contributed by atoms with Gasteiger partial charge in [-0.1, -0.05) is 43.7 Å². The summed E-state index contributed by atoms with van der Waals surface area (Å²) >= 11 is 0. The lowest BCUT2D eigenvalue weighted by molar-refractivity contribution is 0.478. The van der Waals surface area contributed by atoms with Gasteiger partial charge in [-0.2, -0.15) is 5.26 Å². The Morgan fingerprint density at radius 2 is 1.88 bits per heavy atom. The molecule has 0 bridgehead atoms. The molecular weight excluding hydrogens is 196 g/mol. The number of benzene rings is 1. The van der Waals surface area contributed by atoms with E-state index in [1.165, 1.54) is 11.1 Å². The Bertz CT molecular complexity index is 346. The van der Waals surface area contributed by atoms with Crippen LogP contribution in [0.15, 0.2) is 24.3 Å². The fourth-order valence-corrected chi connectivity index (χ4v) is 1.60. The molecule has 1 aromatic rings. The van der Waals surface area contributed by atoms with Gasteiger partial charge in [0.1, 0.15) is 0 Å². The first-order valence-corrected chi connectivity index (χ1v) is 5.80. The van der Waals surface area contributed by atoms with Gasteiger partial charge in [0.05, 0.1) is 12.1 Å². The van der Waals surface area contributed by atoms with Gasteiger partial charge >= 0.3 is 0 Å². The Labute approximate surface area is 98.3 Å². The zero-order chi connectivity index (χ0) is 12.0. The Morgan fingerprint density at radius 1 is 1.25 bits per heavy atom. The van der Waals surface area contributed by atoms with Gasteiger partial charge in [0.15, 0.2) is 0 Å². The summed E-state index contributed by atoms with van der Waals surface area (Å²) in [4.78, 5) is 0. The first kappa shape index (κ1) is 12.7. The standard InChI is InChI=1S/C14H20N2/c1-11(2)8-14(9-15)16-10-13-6-4-12(3)5-7-13/h4-7,11,14,16H,8,10H2,1-3H3. The molecule has 0 aromatic heterocycles. The average molecular weight is 216 g/mol. The minimum atomic E-state index is -0.0405. The molecule has 0 heterocycles. The summed E-state index contributed by atoms with van der Waals surface area (Å²) in [5.41, 5.74) is 2.50. The highest BCUT2D eigenvalue weighted by Crippen LogP contribution is 2.06. The molecule has 1 atom stereocenters. The maximum absolute atomic E-state index is 8.98. The molecule has 0 fully saturated rings. The minimum absolute atomic E-state index is 0.0405. The first-order chi connectivity index (χ1) is 7.61. The maximum atomic E-state index is 8.98. The third-order valence-electron chi connectivity index (χ3n) is 2.54. The molecular formula is C14H20N2. The van der Waals surface area contributed by atoms with Crippen molar-refractivity contribution in [2.75, 3.05) is 0 Å². The topological polar surface area (TPSA) is 35.8 Å². The van der Waals surface area contributed by atoms with Crippen molar-refractivity contribution in [3.05, 3.63) is 35.4 Å². The van der Waals surface area contributed by atoms with Gasteiger partial charge in [0.2, 0.25) is 0 Å². The number of hydrogen-bond donors (Lipinski definition) is 1. The summed E-state index contributed by atoms with van der Waals surface area (Å²) in [5.74, 6) is 0.551. The van der Waals surface area contributed by atoms with Crippen molar-refractivity contribution in [1.29, 1.82) is 5.26 Å². The summed E-state index contributed by atoms with van der Waals surface area (Å²) in [6, 6.07) is 10.7. The number of hydrogen-bond acceptors (Lipinski definition) is 2. The zero-order valence-electron chi connectivity index (χ0n) is 10.3. The van der Waals surface area contributed by atoms with E-state index in [4.69, 9.17) is 5.26 Å². The van der Waals surface area contributed by atoms with Crippen molar-refractivity contribution in [2.24, 2.45) is 5.92 Å². The molecule has 1 unspecified atom stereocenters. The lowest BCUT2D eigenvalue weighted by Gasteiger charge is -2.13. The second kappa shape index (κ2) is 6.30. The first-order valence-electron chi connectivity index (χ1n) is 5.80. The van der Waals surface area contributed by atoms with Crippen LogP contribution in [0.3, 0.4) is 0 Å². The quantitative estimate of drug-likeness (QED) is 0.821. The number of rotatable bonds is 5. The van der Waals surface area contributed by atoms with E-state index in [0.29, 0.717) is 5.92 Å². The molecule has 1 rings (SSSR count). The van der Waals surface area contributed by atoms with Gasteiger partial charge in [-0.15, -0.1) is 0 Å². The average Bonchev–Trinajstić information content (AvgIpc) is 2.26. The van der Waals surface area contributed by atoms with Crippen LogP contribution in [0.25, 0.3) is 0 Å². The van der Waals surface area contributed by atoms with Crippen LogP contribution >= 0.6 is 0 Å². The number of nitrogens with one attached hydrogen (secondary N) is 1. The lowest BCUT2D eigenvalue weighted by Crippen LogP contribution is -2.28. The van der Waals surface area contributed by atoms with Gasteiger partial charge < -0.3 is 0 Å². The van der Waals surface area contributed by atoms with Crippen LogP contribution in [0.4, 0.5) is 0 Å². The molecule has 2 nitrogen and oxygen atoms in total.